The Labute approximate surface area is 123 Å². The second-order valence-electron chi connectivity index (χ2n) is 7.47. The molecule has 1 aromatic rings. The molecule has 0 radical (unpaired) electrons. The van der Waals surface area contributed by atoms with Crippen LogP contribution in [-0.4, -0.2) is 12.2 Å². The van der Waals surface area contributed by atoms with E-state index in [-0.39, 0.29) is 5.41 Å². The zero-order valence-corrected chi connectivity index (χ0v) is 13.7. The molecule has 0 heterocycles. The number of hydrogen-bond donors (Lipinski definition) is 1. The van der Waals surface area contributed by atoms with E-state index in [9.17, 15) is 5.11 Å². The van der Waals surface area contributed by atoms with Gasteiger partial charge in [0.15, 0.2) is 0 Å². The number of rotatable bonds is 2. The van der Waals surface area contributed by atoms with Crippen molar-refractivity contribution in [2.45, 2.75) is 59.5 Å². The van der Waals surface area contributed by atoms with E-state index in [1.807, 2.05) is 0 Å². The largest absolute Gasteiger partial charge is 0.496 e. The highest BCUT2D eigenvalue weighted by Crippen LogP contribution is 2.51. The first kappa shape index (κ1) is 15.4. The summed E-state index contributed by atoms with van der Waals surface area (Å²) in [5.41, 5.74) is 2.69. The number of hydrogen-bond acceptors (Lipinski definition) is 2. The molecule has 0 aliphatic heterocycles. The van der Waals surface area contributed by atoms with E-state index in [0.29, 0.717) is 5.92 Å². The number of aliphatic hydroxyl groups is 1. The van der Waals surface area contributed by atoms with E-state index < -0.39 is 5.60 Å². The minimum atomic E-state index is -0.773. The Morgan fingerprint density at radius 3 is 2.40 bits per heavy atom. The third-order valence-electron chi connectivity index (χ3n) is 4.74. The van der Waals surface area contributed by atoms with Crippen LogP contribution >= 0.6 is 0 Å². The molecular formula is C18H28O2. The summed E-state index contributed by atoms with van der Waals surface area (Å²) < 4.78 is 5.62. The Balaban J connectivity index is 2.52. The van der Waals surface area contributed by atoms with Gasteiger partial charge in [0.1, 0.15) is 5.75 Å². The average Bonchev–Trinajstić information content (AvgIpc) is 2.28. The summed E-state index contributed by atoms with van der Waals surface area (Å²) in [6.45, 7) is 10.9. The van der Waals surface area contributed by atoms with Crippen molar-refractivity contribution in [2.75, 3.05) is 7.11 Å². The predicted octanol–water partition coefficient (Wildman–Crippen LogP) is 4.35. The first-order valence-electron chi connectivity index (χ1n) is 7.55. The summed E-state index contributed by atoms with van der Waals surface area (Å²) in [7, 11) is 1.70. The van der Waals surface area contributed by atoms with Crippen molar-refractivity contribution in [1.82, 2.24) is 0 Å². The zero-order valence-electron chi connectivity index (χ0n) is 13.7. The Kier molecular flexibility index (Phi) is 3.90. The van der Waals surface area contributed by atoms with Crippen molar-refractivity contribution in [2.24, 2.45) is 11.3 Å². The Bertz CT molecular complexity index is 504. The highest BCUT2D eigenvalue weighted by Gasteiger charge is 2.44. The molecular weight excluding hydrogens is 248 g/mol. The van der Waals surface area contributed by atoms with Crippen LogP contribution in [0.3, 0.4) is 0 Å². The van der Waals surface area contributed by atoms with Gasteiger partial charge in [-0.05, 0) is 55.6 Å². The van der Waals surface area contributed by atoms with Gasteiger partial charge in [0.25, 0.3) is 0 Å². The molecule has 0 amide bonds. The molecule has 2 heteroatoms. The maximum atomic E-state index is 11.3. The third kappa shape index (κ3) is 2.71. The lowest BCUT2D eigenvalue weighted by Crippen LogP contribution is -2.40. The van der Waals surface area contributed by atoms with E-state index in [2.05, 4.69) is 46.8 Å². The molecule has 1 saturated carbocycles. The smallest absolute Gasteiger partial charge is 0.128 e. The molecule has 2 rings (SSSR count). The normalized spacial score (nSPS) is 29.2. The SMILES string of the molecule is COc1c(C2(O)CC(C)CC(C)(C)C2)ccc(C)c1C. The van der Waals surface area contributed by atoms with Crippen molar-refractivity contribution in [1.29, 1.82) is 0 Å². The van der Waals surface area contributed by atoms with Crippen LogP contribution in [0.25, 0.3) is 0 Å². The van der Waals surface area contributed by atoms with Crippen LogP contribution in [0.15, 0.2) is 12.1 Å². The molecule has 2 nitrogen and oxygen atoms in total. The fraction of sp³-hybridized carbons (Fsp3) is 0.667. The van der Waals surface area contributed by atoms with Crippen LogP contribution in [0.4, 0.5) is 0 Å². The molecule has 1 aliphatic carbocycles. The Morgan fingerprint density at radius 1 is 1.20 bits per heavy atom. The first-order valence-corrected chi connectivity index (χ1v) is 7.55. The minimum absolute atomic E-state index is 0.163. The van der Waals surface area contributed by atoms with Crippen LogP contribution in [-0.2, 0) is 5.60 Å². The molecule has 1 fully saturated rings. The van der Waals surface area contributed by atoms with Crippen LogP contribution in [0.2, 0.25) is 0 Å². The lowest BCUT2D eigenvalue weighted by molar-refractivity contribution is -0.0648. The van der Waals surface area contributed by atoms with Crippen molar-refractivity contribution in [3.8, 4) is 5.75 Å². The number of benzene rings is 1. The zero-order chi connectivity index (χ0) is 15.1. The molecule has 1 aliphatic rings. The molecule has 1 N–H and O–H groups in total. The number of ether oxygens (including phenoxy) is 1. The van der Waals surface area contributed by atoms with Crippen molar-refractivity contribution in [3.05, 3.63) is 28.8 Å². The molecule has 0 spiro atoms. The summed E-state index contributed by atoms with van der Waals surface area (Å²) in [5.74, 6) is 1.38. The molecule has 2 unspecified atom stereocenters. The predicted molar refractivity (Wildman–Crippen MR) is 83.2 cm³/mol. The first-order chi connectivity index (χ1) is 9.18. The van der Waals surface area contributed by atoms with E-state index in [0.717, 1.165) is 29.7 Å². The monoisotopic (exact) mass is 276 g/mol. The quantitative estimate of drug-likeness (QED) is 0.870. The minimum Gasteiger partial charge on any atom is -0.496 e. The van der Waals surface area contributed by atoms with E-state index >= 15 is 0 Å². The van der Waals surface area contributed by atoms with Crippen LogP contribution in [0, 0.1) is 25.2 Å². The third-order valence-corrected chi connectivity index (χ3v) is 4.74. The van der Waals surface area contributed by atoms with Gasteiger partial charge >= 0.3 is 0 Å². The molecule has 20 heavy (non-hydrogen) atoms. The molecule has 2 atom stereocenters. The fourth-order valence-corrected chi connectivity index (χ4v) is 4.15. The highest BCUT2D eigenvalue weighted by atomic mass is 16.5. The van der Waals surface area contributed by atoms with Crippen LogP contribution < -0.4 is 4.74 Å². The van der Waals surface area contributed by atoms with Gasteiger partial charge < -0.3 is 9.84 Å². The van der Waals surface area contributed by atoms with Gasteiger partial charge in [-0.1, -0.05) is 32.9 Å². The van der Waals surface area contributed by atoms with Gasteiger partial charge in [0, 0.05) is 5.56 Å². The topological polar surface area (TPSA) is 29.5 Å². The lowest BCUT2D eigenvalue weighted by atomic mass is 9.63. The summed E-state index contributed by atoms with van der Waals surface area (Å²) in [6, 6.07) is 4.15. The standard InChI is InChI=1S/C18H28O2/c1-12-9-17(4,5)11-18(19,10-12)15-8-7-13(2)14(3)16(15)20-6/h7-8,12,19H,9-11H2,1-6H3. The lowest BCUT2D eigenvalue weighted by Gasteiger charge is -2.45. The maximum absolute atomic E-state index is 11.3. The molecule has 0 saturated heterocycles. The van der Waals surface area contributed by atoms with Gasteiger partial charge in [0.2, 0.25) is 0 Å². The van der Waals surface area contributed by atoms with Crippen molar-refractivity contribution in [3.63, 3.8) is 0 Å². The van der Waals surface area contributed by atoms with E-state index in [1.165, 1.54) is 12.0 Å². The maximum Gasteiger partial charge on any atom is 0.128 e. The molecule has 0 aromatic heterocycles. The van der Waals surface area contributed by atoms with Gasteiger partial charge in [-0.3, -0.25) is 0 Å². The molecule has 0 bridgehead atoms. The Hall–Kier alpha value is -1.02. The summed E-state index contributed by atoms with van der Waals surface area (Å²) in [6.07, 6.45) is 2.78. The molecule has 112 valence electrons. The van der Waals surface area contributed by atoms with Gasteiger partial charge in [-0.2, -0.15) is 0 Å². The van der Waals surface area contributed by atoms with Crippen molar-refractivity contribution < 1.29 is 9.84 Å². The van der Waals surface area contributed by atoms with Crippen molar-refractivity contribution >= 4 is 0 Å². The van der Waals surface area contributed by atoms with Gasteiger partial charge in [-0.25, -0.2) is 0 Å². The summed E-state index contributed by atoms with van der Waals surface area (Å²) in [5, 5.41) is 11.3. The van der Waals surface area contributed by atoms with Crippen LogP contribution in [0.5, 0.6) is 5.75 Å². The van der Waals surface area contributed by atoms with Gasteiger partial charge in [0.05, 0.1) is 12.7 Å². The van der Waals surface area contributed by atoms with E-state index in [4.69, 9.17) is 4.74 Å². The van der Waals surface area contributed by atoms with E-state index in [1.54, 1.807) is 7.11 Å². The molecule has 1 aromatic carbocycles. The summed E-state index contributed by atoms with van der Waals surface area (Å²) >= 11 is 0. The average molecular weight is 276 g/mol. The van der Waals surface area contributed by atoms with Crippen LogP contribution in [0.1, 0.15) is 56.7 Å². The van der Waals surface area contributed by atoms with Gasteiger partial charge in [-0.15, -0.1) is 0 Å². The fourth-order valence-electron chi connectivity index (χ4n) is 4.15. The number of aryl methyl sites for hydroxylation is 1. The highest BCUT2D eigenvalue weighted by molar-refractivity contribution is 5.48. The second-order valence-corrected chi connectivity index (χ2v) is 7.47. The summed E-state index contributed by atoms with van der Waals surface area (Å²) in [4.78, 5) is 0. The number of methoxy groups -OCH3 is 1. The Morgan fingerprint density at radius 2 is 1.85 bits per heavy atom. The second kappa shape index (κ2) is 5.07.